The van der Waals surface area contributed by atoms with E-state index in [-0.39, 0.29) is 5.82 Å². The van der Waals surface area contributed by atoms with E-state index in [9.17, 15) is 18.8 Å². The number of amides is 4. The first-order valence-electron chi connectivity index (χ1n) is 11.2. The van der Waals surface area contributed by atoms with Crippen LogP contribution >= 0.6 is 0 Å². The molecule has 8 nitrogen and oxygen atoms in total. The van der Waals surface area contributed by atoms with Gasteiger partial charge in [0.05, 0.1) is 11.3 Å². The second-order valence-electron chi connectivity index (χ2n) is 8.75. The Morgan fingerprint density at radius 2 is 1.78 bits per heavy atom. The Labute approximate surface area is 206 Å². The summed E-state index contributed by atoms with van der Waals surface area (Å²) in [7, 11) is 0. The van der Waals surface area contributed by atoms with Crippen LogP contribution in [0, 0.1) is 12.7 Å². The molecule has 36 heavy (non-hydrogen) atoms. The van der Waals surface area contributed by atoms with E-state index in [1.54, 1.807) is 49.5 Å². The largest absolute Gasteiger partial charge is 0.322 e. The lowest BCUT2D eigenvalue weighted by Crippen LogP contribution is -2.40. The maximum atomic E-state index is 13.4. The lowest BCUT2D eigenvalue weighted by molar-refractivity contribution is -0.123. The summed E-state index contributed by atoms with van der Waals surface area (Å²) < 4.78 is 15.0. The number of anilines is 1. The summed E-state index contributed by atoms with van der Waals surface area (Å²) in [5.41, 5.74) is 2.85. The van der Waals surface area contributed by atoms with E-state index in [0.717, 1.165) is 11.1 Å². The second-order valence-corrected chi connectivity index (χ2v) is 8.75. The van der Waals surface area contributed by atoms with E-state index < -0.39 is 23.4 Å². The molecular weight excluding hydrogens is 461 g/mol. The van der Waals surface area contributed by atoms with Gasteiger partial charge < -0.3 is 10.6 Å². The number of rotatable bonds is 5. The fraction of sp³-hybridized carbons (Fsp3) is 0.111. The summed E-state index contributed by atoms with van der Waals surface area (Å²) in [4.78, 5) is 37.5. The Kier molecular flexibility index (Phi) is 5.60. The summed E-state index contributed by atoms with van der Waals surface area (Å²) in [6.07, 6.45) is 1.59. The van der Waals surface area contributed by atoms with Crippen molar-refractivity contribution in [3.8, 4) is 16.9 Å². The van der Waals surface area contributed by atoms with Crippen LogP contribution in [0.2, 0.25) is 0 Å². The van der Waals surface area contributed by atoms with Crippen LogP contribution in [0.4, 0.5) is 14.9 Å². The number of carbonyl (C=O) groups excluding carboxylic acids is 3. The van der Waals surface area contributed by atoms with Gasteiger partial charge in [0.2, 0.25) is 0 Å². The van der Waals surface area contributed by atoms with Crippen molar-refractivity contribution in [1.29, 1.82) is 0 Å². The number of carbonyl (C=O) groups is 3. The van der Waals surface area contributed by atoms with Crippen LogP contribution in [0.3, 0.4) is 0 Å². The van der Waals surface area contributed by atoms with Crippen LogP contribution in [0.15, 0.2) is 79.0 Å². The van der Waals surface area contributed by atoms with Crippen molar-refractivity contribution in [2.24, 2.45) is 0 Å². The van der Waals surface area contributed by atoms with Crippen LogP contribution in [0.5, 0.6) is 0 Å². The molecule has 5 rings (SSSR count). The molecule has 0 radical (unpaired) electrons. The zero-order valence-electron chi connectivity index (χ0n) is 19.5. The Morgan fingerprint density at radius 1 is 1.03 bits per heavy atom. The number of imide groups is 1. The highest BCUT2D eigenvalue weighted by atomic mass is 19.1. The zero-order valence-corrected chi connectivity index (χ0v) is 19.5. The van der Waals surface area contributed by atoms with Gasteiger partial charge in [-0.05, 0) is 61.9 Å². The predicted molar refractivity (Wildman–Crippen MR) is 132 cm³/mol. The van der Waals surface area contributed by atoms with E-state index in [1.165, 1.54) is 16.8 Å². The molecule has 3 N–H and O–H groups in total. The van der Waals surface area contributed by atoms with Crippen LogP contribution in [-0.4, -0.2) is 27.6 Å². The van der Waals surface area contributed by atoms with E-state index in [0.29, 0.717) is 28.2 Å². The van der Waals surface area contributed by atoms with Crippen molar-refractivity contribution >= 4 is 23.5 Å². The van der Waals surface area contributed by atoms with Crippen molar-refractivity contribution < 1.29 is 18.8 Å². The number of urea groups is 1. The summed E-state index contributed by atoms with van der Waals surface area (Å²) in [6, 6.07) is 19.6. The molecule has 180 valence electrons. The topological polar surface area (TPSA) is 105 Å². The average Bonchev–Trinajstić information content (AvgIpc) is 3.41. The predicted octanol–water partition coefficient (Wildman–Crippen LogP) is 4.29. The third kappa shape index (κ3) is 4.22. The van der Waals surface area contributed by atoms with E-state index in [4.69, 9.17) is 0 Å². The molecule has 1 saturated heterocycles. The molecule has 1 fully saturated rings. The van der Waals surface area contributed by atoms with Gasteiger partial charge in [-0.25, -0.2) is 13.9 Å². The summed E-state index contributed by atoms with van der Waals surface area (Å²) in [5.74, 6) is -1.26. The fourth-order valence-electron chi connectivity index (χ4n) is 4.12. The lowest BCUT2D eigenvalue weighted by Gasteiger charge is -2.21. The normalized spacial score (nSPS) is 17.0. The van der Waals surface area contributed by atoms with Crippen molar-refractivity contribution in [2.45, 2.75) is 19.4 Å². The third-order valence-corrected chi connectivity index (χ3v) is 6.08. The van der Waals surface area contributed by atoms with E-state index >= 15 is 0 Å². The summed E-state index contributed by atoms with van der Waals surface area (Å²) in [5, 5.41) is 12.3. The molecule has 9 heteroatoms. The highest BCUT2D eigenvalue weighted by molar-refractivity contribution is 6.09. The molecular formula is C27H22FN5O3. The molecule has 4 amide bonds. The maximum absolute atomic E-state index is 13.4. The highest BCUT2D eigenvalue weighted by Crippen LogP contribution is 2.28. The van der Waals surface area contributed by atoms with Crippen LogP contribution < -0.4 is 16.0 Å². The molecule has 1 aliphatic rings. The first kappa shape index (κ1) is 23.0. The number of nitrogens with zero attached hydrogens (tertiary/aromatic N) is 2. The number of benzene rings is 3. The van der Waals surface area contributed by atoms with Crippen molar-refractivity contribution in [3.05, 3.63) is 102 Å². The monoisotopic (exact) mass is 483 g/mol. The Bertz CT molecular complexity index is 1510. The second kappa shape index (κ2) is 8.77. The first-order valence-corrected chi connectivity index (χ1v) is 11.2. The molecule has 4 aromatic rings. The lowest BCUT2D eigenvalue weighted by atomic mass is 9.92. The van der Waals surface area contributed by atoms with Gasteiger partial charge in [0, 0.05) is 17.4 Å². The van der Waals surface area contributed by atoms with Gasteiger partial charge in [0.1, 0.15) is 17.1 Å². The quantitative estimate of drug-likeness (QED) is 0.368. The molecule has 1 unspecified atom stereocenters. The standard InChI is InChI=1S/C27H22FN5O3/c1-16-5-3-6-17(13-16)23-22(15-33(32-23)21-11-9-19(28)10-12-21)24(34)29-20-8-4-7-18(14-20)27(2)25(35)30-26(36)31-27/h3-15H,1-2H3,(H,29,34)(H2,30,31,35,36). The number of halogens is 1. The van der Waals surface area contributed by atoms with Gasteiger partial charge in [-0.3, -0.25) is 14.9 Å². The molecule has 0 aliphatic carbocycles. The molecule has 2 heterocycles. The number of hydrogen-bond donors (Lipinski definition) is 3. The molecule has 1 atom stereocenters. The van der Waals surface area contributed by atoms with Gasteiger partial charge in [0.15, 0.2) is 0 Å². The fourth-order valence-corrected chi connectivity index (χ4v) is 4.12. The molecule has 1 aliphatic heterocycles. The number of nitrogens with one attached hydrogen (secondary N) is 3. The molecule has 0 spiro atoms. The molecule has 1 aromatic heterocycles. The minimum absolute atomic E-state index is 0.313. The molecule has 0 bridgehead atoms. The molecule has 3 aromatic carbocycles. The Balaban J connectivity index is 1.51. The van der Waals surface area contributed by atoms with Crippen molar-refractivity contribution in [1.82, 2.24) is 20.4 Å². The molecule has 0 saturated carbocycles. The highest BCUT2D eigenvalue weighted by Gasteiger charge is 2.43. The van der Waals surface area contributed by atoms with Gasteiger partial charge >= 0.3 is 6.03 Å². The SMILES string of the molecule is Cc1cccc(-c2nn(-c3ccc(F)cc3)cc2C(=O)Nc2cccc(C3(C)NC(=O)NC3=O)c2)c1. The van der Waals surface area contributed by atoms with Gasteiger partial charge in [-0.15, -0.1) is 0 Å². The smallest absolute Gasteiger partial charge is 0.322 e. The number of aromatic nitrogens is 2. The minimum Gasteiger partial charge on any atom is -0.322 e. The maximum Gasteiger partial charge on any atom is 0.322 e. The summed E-state index contributed by atoms with van der Waals surface area (Å²) in [6.45, 7) is 3.54. The van der Waals surface area contributed by atoms with Gasteiger partial charge in [0.25, 0.3) is 11.8 Å². The number of aryl methyl sites for hydroxylation is 1. The van der Waals surface area contributed by atoms with Crippen LogP contribution in [-0.2, 0) is 10.3 Å². The van der Waals surface area contributed by atoms with Gasteiger partial charge in [-0.1, -0.05) is 35.9 Å². The number of hydrogen-bond acceptors (Lipinski definition) is 4. The van der Waals surface area contributed by atoms with Crippen molar-refractivity contribution in [2.75, 3.05) is 5.32 Å². The van der Waals surface area contributed by atoms with E-state index in [1.807, 2.05) is 31.2 Å². The minimum atomic E-state index is -1.25. The first-order chi connectivity index (χ1) is 17.2. The summed E-state index contributed by atoms with van der Waals surface area (Å²) >= 11 is 0. The Hall–Kier alpha value is -4.79. The average molecular weight is 484 g/mol. The van der Waals surface area contributed by atoms with E-state index in [2.05, 4.69) is 21.0 Å². The van der Waals surface area contributed by atoms with Gasteiger partial charge in [-0.2, -0.15) is 5.10 Å². The van der Waals surface area contributed by atoms with Crippen LogP contribution in [0.25, 0.3) is 16.9 Å². The van der Waals surface area contributed by atoms with Crippen molar-refractivity contribution in [3.63, 3.8) is 0 Å². The third-order valence-electron chi connectivity index (χ3n) is 6.08. The van der Waals surface area contributed by atoms with Crippen LogP contribution in [0.1, 0.15) is 28.4 Å². The zero-order chi connectivity index (χ0) is 25.4. The Morgan fingerprint density at radius 3 is 2.47 bits per heavy atom.